The number of nitrogens with two attached hydrogens (primary N) is 1. The number of esters is 1. The van der Waals surface area contributed by atoms with Crippen LogP contribution in [-0.4, -0.2) is 39.4 Å². The number of anilines is 1. The van der Waals surface area contributed by atoms with Crippen molar-refractivity contribution in [3.05, 3.63) is 45.8 Å². The van der Waals surface area contributed by atoms with Crippen molar-refractivity contribution in [2.24, 2.45) is 5.73 Å². The molecule has 2 aromatic rings. The summed E-state index contributed by atoms with van der Waals surface area (Å²) in [6.07, 6.45) is 2.49. The highest BCUT2D eigenvalue weighted by molar-refractivity contribution is 7.89. The normalized spacial score (nSPS) is 13.0. The number of nitrogens with one attached hydrogen (secondary N) is 2. The monoisotopic (exact) mass is 451 g/mol. The lowest BCUT2D eigenvalue weighted by Crippen LogP contribution is -2.32. The molecule has 0 saturated carbocycles. The van der Waals surface area contributed by atoms with Crippen LogP contribution >= 0.6 is 11.3 Å². The predicted molar refractivity (Wildman–Crippen MR) is 111 cm³/mol. The molecule has 1 aromatic carbocycles. The number of hydrogen-bond donors (Lipinski definition) is 3. The Kier molecular flexibility index (Phi) is 6.54. The average Bonchev–Trinajstić information content (AvgIpc) is 3.25. The molecule has 3 rings (SSSR count). The fourth-order valence-electron chi connectivity index (χ4n) is 3.07. The third kappa shape index (κ3) is 5.04. The Balaban J connectivity index is 1.51. The number of carbonyl (C=O) groups is 3. The zero-order valence-electron chi connectivity index (χ0n) is 16.2. The van der Waals surface area contributed by atoms with Crippen molar-refractivity contribution in [3.8, 4) is 0 Å². The third-order valence-corrected chi connectivity index (χ3v) is 7.15. The number of aryl methyl sites for hydroxylation is 2. The van der Waals surface area contributed by atoms with Gasteiger partial charge in [-0.3, -0.25) is 14.4 Å². The van der Waals surface area contributed by atoms with Crippen LogP contribution in [0.15, 0.2) is 29.2 Å². The van der Waals surface area contributed by atoms with E-state index in [0.717, 1.165) is 35.3 Å². The van der Waals surface area contributed by atoms with E-state index in [1.165, 1.54) is 23.5 Å². The molecular weight excluding hydrogens is 430 g/mol. The Labute approximate surface area is 177 Å². The number of rotatable bonds is 8. The molecule has 0 fully saturated rings. The van der Waals surface area contributed by atoms with E-state index in [4.69, 9.17) is 10.5 Å². The zero-order valence-corrected chi connectivity index (χ0v) is 17.8. The second-order valence-electron chi connectivity index (χ2n) is 6.77. The number of fused-ring (bicyclic) bond motifs is 1. The summed E-state index contributed by atoms with van der Waals surface area (Å²) >= 11 is 1.29. The minimum atomic E-state index is -3.87. The smallest absolute Gasteiger partial charge is 0.321 e. The summed E-state index contributed by atoms with van der Waals surface area (Å²) in [5.41, 5.74) is 7.50. The standard InChI is InChI=1S/C19H21N3O6S2/c1-11-5-7-12(8-6-11)30(26,27)21-9-16(24)28-10-15(23)22-19-17(18(20)25)13-3-2-4-14(13)29-19/h5-8,21H,2-4,9-10H2,1H3,(H2,20,25)(H,22,23). The first-order valence-corrected chi connectivity index (χ1v) is 11.4. The van der Waals surface area contributed by atoms with E-state index in [1.807, 2.05) is 6.92 Å². The van der Waals surface area contributed by atoms with Gasteiger partial charge in [0.2, 0.25) is 10.0 Å². The summed E-state index contributed by atoms with van der Waals surface area (Å²) in [6, 6.07) is 6.12. The lowest BCUT2D eigenvalue weighted by Gasteiger charge is -2.08. The van der Waals surface area contributed by atoms with Gasteiger partial charge in [-0.1, -0.05) is 17.7 Å². The number of primary amides is 1. The van der Waals surface area contributed by atoms with Gasteiger partial charge in [-0.25, -0.2) is 8.42 Å². The number of carbonyl (C=O) groups excluding carboxylic acids is 3. The van der Waals surface area contributed by atoms with Crippen molar-refractivity contribution in [1.82, 2.24) is 4.72 Å². The maximum absolute atomic E-state index is 12.2. The molecule has 1 heterocycles. The zero-order chi connectivity index (χ0) is 21.9. The van der Waals surface area contributed by atoms with E-state index in [-0.39, 0.29) is 4.90 Å². The van der Waals surface area contributed by atoms with Crippen LogP contribution in [0, 0.1) is 6.92 Å². The van der Waals surface area contributed by atoms with Crippen LogP contribution in [0.3, 0.4) is 0 Å². The number of amides is 2. The molecule has 11 heteroatoms. The Morgan fingerprint density at radius 1 is 1.17 bits per heavy atom. The summed E-state index contributed by atoms with van der Waals surface area (Å²) in [4.78, 5) is 36.7. The van der Waals surface area contributed by atoms with Gasteiger partial charge in [0.1, 0.15) is 11.5 Å². The molecule has 30 heavy (non-hydrogen) atoms. The Morgan fingerprint density at radius 2 is 1.87 bits per heavy atom. The largest absolute Gasteiger partial charge is 0.455 e. The van der Waals surface area contributed by atoms with E-state index < -0.39 is 41.0 Å². The Morgan fingerprint density at radius 3 is 2.53 bits per heavy atom. The van der Waals surface area contributed by atoms with E-state index >= 15 is 0 Å². The lowest BCUT2D eigenvalue weighted by atomic mass is 10.1. The number of ether oxygens (including phenoxy) is 1. The first kappa shape index (κ1) is 21.9. The van der Waals surface area contributed by atoms with Gasteiger partial charge >= 0.3 is 5.97 Å². The summed E-state index contributed by atoms with van der Waals surface area (Å²) in [5.74, 6) is -2.18. The summed E-state index contributed by atoms with van der Waals surface area (Å²) in [7, 11) is -3.87. The van der Waals surface area contributed by atoms with Crippen molar-refractivity contribution in [3.63, 3.8) is 0 Å². The quantitative estimate of drug-likeness (QED) is 0.513. The second-order valence-corrected chi connectivity index (χ2v) is 9.64. The molecule has 160 valence electrons. The summed E-state index contributed by atoms with van der Waals surface area (Å²) < 4.78 is 31.3. The van der Waals surface area contributed by atoms with E-state index in [1.54, 1.807) is 12.1 Å². The minimum Gasteiger partial charge on any atom is -0.455 e. The number of sulfonamides is 1. The van der Waals surface area contributed by atoms with Gasteiger partial charge in [0.15, 0.2) is 6.61 Å². The van der Waals surface area contributed by atoms with Gasteiger partial charge in [-0.15, -0.1) is 11.3 Å². The number of thiophene rings is 1. The van der Waals surface area contributed by atoms with Gasteiger partial charge in [-0.2, -0.15) is 4.72 Å². The highest BCUT2D eigenvalue weighted by Gasteiger charge is 2.26. The molecule has 0 bridgehead atoms. The molecule has 9 nitrogen and oxygen atoms in total. The molecule has 0 radical (unpaired) electrons. The van der Waals surface area contributed by atoms with Crippen LogP contribution in [0.1, 0.15) is 32.8 Å². The topological polar surface area (TPSA) is 145 Å². The van der Waals surface area contributed by atoms with Crippen LogP contribution in [0.4, 0.5) is 5.00 Å². The lowest BCUT2D eigenvalue weighted by molar-refractivity contribution is -0.146. The van der Waals surface area contributed by atoms with Gasteiger partial charge in [0.25, 0.3) is 11.8 Å². The molecule has 1 aromatic heterocycles. The highest BCUT2D eigenvalue weighted by atomic mass is 32.2. The molecule has 4 N–H and O–H groups in total. The molecule has 1 aliphatic carbocycles. The van der Waals surface area contributed by atoms with Crippen molar-refractivity contribution in [1.29, 1.82) is 0 Å². The molecule has 0 saturated heterocycles. The molecule has 1 aliphatic rings. The van der Waals surface area contributed by atoms with Gasteiger partial charge in [0.05, 0.1) is 10.5 Å². The van der Waals surface area contributed by atoms with Crippen LogP contribution < -0.4 is 15.8 Å². The molecule has 0 unspecified atom stereocenters. The Bertz CT molecular complexity index is 1090. The average molecular weight is 452 g/mol. The van der Waals surface area contributed by atoms with Crippen LogP contribution in [0.5, 0.6) is 0 Å². The van der Waals surface area contributed by atoms with E-state index in [0.29, 0.717) is 10.6 Å². The van der Waals surface area contributed by atoms with Crippen molar-refractivity contribution < 1.29 is 27.5 Å². The van der Waals surface area contributed by atoms with Crippen molar-refractivity contribution in [2.45, 2.75) is 31.1 Å². The van der Waals surface area contributed by atoms with Crippen LogP contribution in [0.2, 0.25) is 0 Å². The molecule has 0 aliphatic heterocycles. The molecule has 2 amide bonds. The van der Waals surface area contributed by atoms with Gasteiger partial charge in [-0.05, 0) is 43.9 Å². The van der Waals surface area contributed by atoms with Crippen molar-refractivity contribution in [2.75, 3.05) is 18.5 Å². The van der Waals surface area contributed by atoms with Crippen LogP contribution in [-0.2, 0) is 37.2 Å². The first-order chi connectivity index (χ1) is 14.2. The van der Waals surface area contributed by atoms with Gasteiger partial charge < -0.3 is 15.8 Å². The van der Waals surface area contributed by atoms with E-state index in [2.05, 4.69) is 10.0 Å². The van der Waals surface area contributed by atoms with E-state index in [9.17, 15) is 22.8 Å². The third-order valence-electron chi connectivity index (χ3n) is 4.52. The Hall–Kier alpha value is -2.76. The first-order valence-electron chi connectivity index (χ1n) is 9.13. The predicted octanol–water partition coefficient (Wildman–Crippen LogP) is 1.10. The number of benzene rings is 1. The highest BCUT2D eigenvalue weighted by Crippen LogP contribution is 2.38. The van der Waals surface area contributed by atoms with Crippen LogP contribution in [0.25, 0.3) is 0 Å². The molecule has 0 spiro atoms. The molecule has 0 atom stereocenters. The minimum absolute atomic E-state index is 0.0170. The maximum Gasteiger partial charge on any atom is 0.321 e. The maximum atomic E-state index is 12.2. The fraction of sp³-hybridized carbons (Fsp3) is 0.316. The second kappa shape index (κ2) is 8.94. The number of hydrogen-bond acceptors (Lipinski definition) is 7. The fourth-order valence-corrected chi connectivity index (χ4v) is 5.35. The molecular formula is C19H21N3O6S2. The summed E-state index contributed by atoms with van der Waals surface area (Å²) in [6.45, 7) is 0.581. The van der Waals surface area contributed by atoms with Crippen molar-refractivity contribution >= 4 is 44.1 Å². The summed E-state index contributed by atoms with van der Waals surface area (Å²) in [5, 5.41) is 2.88. The SMILES string of the molecule is Cc1ccc(S(=O)(=O)NCC(=O)OCC(=O)Nc2sc3c(c2C(N)=O)CCC3)cc1. The van der Waals surface area contributed by atoms with Gasteiger partial charge in [0, 0.05) is 4.88 Å².